The van der Waals surface area contributed by atoms with Crippen LogP contribution in [0.3, 0.4) is 0 Å². The molecule has 2 aliphatic carbocycles. The van der Waals surface area contributed by atoms with Crippen molar-refractivity contribution >= 4 is 17.8 Å². The summed E-state index contributed by atoms with van der Waals surface area (Å²) in [6.45, 7) is 2.14. The highest BCUT2D eigenvalue weighted by atomic mass is 16.5. The van der Waals surface area contributed by atoms with Crippen molar-refractivity contribution in [1.82, 2.24) is 5.32 Å². The minimum atomic E-state index is -0.324. The van der Waals surface area contributed by atoms with E-state index in [0.717, 1.165) is 42.2 Å². The molecule has 0 unspecified atom stereocenters. The molecule has 0 spiro atoms. The quantitative estimate of drug-likeness (QED) is 0.579. The van der Waals surface area contributed by atoms with Gasteiger partial charge < -0.3 is 14.8 Å². The van der Waals surface area contributed by atoms with Crippen molar-refractivity contribution in [2.24, 2.45) is 5.92 Å². The van der Waals surface area contributed by atoms with Gasteiger partial charge in [-0.25, -0.2) is 0 Å². The molecule has 0 bridgehead atoms. The Morgan fingerprint density at radius 3 is 2.23 bits per heavy atom. The Bertz CT molecular complexity index is 923. The summed E-state index contributed by atoms with van der Waals surface area (Å²) in [5.74, 6) is 1.87. The van der Waals surface area contributed by atoms with Gasteiger partial charge in [0.1, 0.15) is 11.5 Å². The van der Waals surface area contributed by atoms with Gasteiger partial charge in [0.05, 0.1) is 18.4 Å². The summed E-state index contributed by atoms with van der Waals surface area (Å²) in [5.41, 5.74) is 1.55. The molecule has 5 heteroatoms. The van der Waals surface area contributed by atoms with Crippen LogP contribution in [0.1, 0.15) is 54.9 Å². The molecular formula is C25H27NO4. The van der Waals surface area contributed by atoms with E-state index in [4.69, 9.17) is 9.47 Å². The van der Waals surface area contributed by atoms with Gasteiger partial charge in [0, 0.05) is 12.5 Å². The van der Waals surface area contributed by atoms with Gasteiger partial charge in [0.25, 0.3) is 5.91 Å². The molecule has 0 aliphatic heterocycles. The minimum absolute atomic E-state index is 0.207. The first kappa shape index (κ1) is 20.2. The lowest BCUT2D eigenvalue weighted by Crippen LogP contribution is -2.26. The molecule has 0 heterocycles. The van der Waals surface area contributed by atoms with Crippen LogP contribution in [0.5, 0.6) is 11.5 Å². The molecule has 1 N–H and O–H groups in total. The Balaban J connectivity index is 1.36. The Labute approximate surface area is 177 Å². The standard InChI is InChI=1S/C25H27NO4/c1-17(27)24(16-19-4-8-22(9-5-19)30-23-12-13-23)26-25(28)20-6-10-21(11-7-20)29-15-14-18-2-3-18/h4-11,16,18,23H,2-3,12-15H2,1H3,(H,26,28)/b24-16-. The lowest BCUT2D eigenvalue weighted by molar-refractivity contribution is -0.113. The van der Waals surface area contributed by atoms with Gasteiger partial charge in [0.15, 0.2) is 5.78 Å². The van der Waals surface area contributed by atoms with E-state index in [0.29, 0.717) is 18.3 Å². The van der Waals surface area contributed by atoms with Crippen LogP contribution in [0.2, 0.25) is 0 Å². The maximum absolute atomic E-state index is 12.6. The summed E-state index contributed by atoms with van der Waals surface area (Å²) in [6, 6.07) is 14.5. The monoisotopic (exact) mass is 405 g/mol. The third-order valence-corrected chi connectivity index (χ3v) is 5.25. The Morgan fingerprint density at radius 2 is 1.63 bits per heavy atom. The number of nitrogens with one attached hydrogen (secondary N) is 1. The van der Waals surface area contributed by atoms with Gasteiger partial charge >= 0.3 is 0 Å². The zero-order valence-corrected chi connectivity index (χ0v) is 17.2. The van der Waals surface area contributed by atoms with Crippen molar-refractivity contribution in [3.63, 3.8) is 0 Å². The number of benzene rings is 2. The van der Waals surface area contributed by atoms with Crippen LogP contribution in [0.4, 0.5) is 0 Å². The zero-order chi connectivity index (χ0) is 20.9. The molecule has 156 valence electrons. The predicted molar refractivity (Wildman–Crippen MR) is 115 cm³/mol. The summed E-state index contributed by atoms with van der Waals surface area (Å²) >= 11 is 0. The normalized spacial score (nSPS) is 16.1. The summed E-state index contributed by atoms with van der Waals surface area (Å²) in [7, 11) is 0. The summed E-state index contributed by atoms with van der Waals surface area (Å²) in [5, 5.41) is 2.72. The van der Waals surface area contributed by atoms with Gasteiger partial charge in [-0.15, -0.1) is 0 Å². The van der Waals surface area contributed by atoms with Gasteiger partial charge in [0.2, 0.25) is 0 Å². The van der Waals surface area contributed by atoms with E-state index in [1.807, 2.05) is 24.3 Å². The highest BCUT2D eigenvalue weighted by Crippen LogP contribution is 2.32. The fraction of sp³-hybridized carbons (Fsp3) is 0.360. The molecule has 2 aliphatic rings. The molecule has 0 aromatic heterocycles. The molecule has 4 rings (SSSR count). The van der Waals surface area contributed by atoms with Crippen LogP contribution in [-0.4, -0.2) is 24.4 Å². The highest BCUT2D eigenvalue weighted by molar-refractivity contribution is 6.05. The topological polar surface area (TPSA) is 64.6 Å². The average molecular weight is 405 g/mol. The van der Waals surface area contributed by atoms with Gasteiger partial charge in [-0.2, -0.15) is 0 Å². The van der Waals surface area contributed by atoms with Gasteiger partial charge in [-0.3, -0.25) is 9.59 Å². The summed E-state index contributed by atoms with van der Waals surface area (Å²) < 4.78 is 11.5. The number of hydrogen-bond donors (Lipinski definition) is 1. The number of allylic oxidation sites excluding steroid dienone is 1. The van der Waals surface area contributed by atoms with Crippen LogP contribution in [-0.2, 0) is 4.79 Å². The van der Waals surface area contributed by atoms with E-state index in [1.54, 1.807) is 30.3 Å². The number of Topliss-reactive ketones (excluding diaryl/α,β-unsaturated/α-hetero) is 1. The molecule has 5 nitrogen and oxygen atoms in total. The van der Waals surface area contributed by atoms with Crippen LogP contribution < -0.4 is 14.8 Å². The van der Waals surface area contributed by atoms with Crippen LogP contribution in [0.15, 0.2) is 54.2 Å². The molecule has 1 amide bonds. The van der Waals surface area contributed by atoms with E-state index in [2.05, 4.69) is 5.32 Å². The number of ketones is 1. The first-order valence-corrected chi connectivity index (χ1v) is 10.6. The SMILES string of the molecule is CC(=O)/C(=C/c1ccc(OC2CC2)cc1)NC(=O)c1ccc(OCCC2CC2)cc1. The zero-order valence-electron chi connectivity index (χ0n) is 17.2. The molecule has 2 aromatic carbocycles. The van der Waals surface area contributed by atoms with E-state index < -0.39 is 0 Å². The van der Waals surface area contributed by atoms with Gasteiger partial charge in [-0.05, 0) is 73.2 Å². The minimum Gasteiger partial charge on any atom is -0.494 e. The van der Waals surface area contributed by atoms with Crippen molar-refractivity contribution in [3.05, 3.63) is 65.4 Å². The second-order valence-electron chi connectivity index (χ2n) is 8.06. The number of amides is 1. The van der Waals surface area contributed by atoms with Crippen molar-refractivity contribution < 1.29 is 19.1 Å². The third-order valence-electron chi connectivity index (χ3n) is 5.25. The largest absolute Gasteiger partial charge is 0.494 e. The maximum Gasteiger partial charge on any atom is 0.255 e. The van der Waals surface area contributed by atoms with Crippen LogP contribution in [0.25, 0.3) is 6.08 Å². The Hall–Kier alpha value is -3.08. The third kappa shape index (κ3) is 5.96. The van der Waals surface area contributed by atoms with Crippen molar-refractivity contribution in [1.29, 1.82) is 0 Å². The molecule has 2 saturated carbocycles. The molecule has 2 aromatic rings. The molecular weight excluding hydrogens is 378 g/mol. The second kappa shape index (κ2) is 9.16. The first-order chi connectivity index (χ1) is 14.6. The number of ether oxygens (including phenoxy) is 2. The van der Waals surface area contributed by atoms with Gasteiger partial charge in [-0.1, -0.05) is 25.0 Å². The van der Waals surface area contributed by atoms with Crippen LogP contribution >= 0.6 is 0 Å². The maximum atomic E-state index is 12.6. The fourth-order valence-corrected chi connectivity index (χ4v) is 3.06. The van der Waals surface area contributed by atoms with Crippen LogP contribution in [0, 0.1) is 5.92 Å². The van der Waals surface area contributed by atoms with Crippen molar-refractivity contribution in [2.45, 2.75) is 45.1 Å². The first-order valence-electron chi connectivity index (χ1n) is 10.6. The second-order valence-corrected chi connectivity index (χ2v) is 8.06. The molecule has 0 radical (unpaired) electrons. The summed E-state index contributed by atoms with van der Waals surface area (Å²) in [6.07, 6.45) is 7.94. The number of carbonyl (C=O) groups excluding carboxylic acids is 2. The smallest absolute Gasteiger partial charge is 0.255 e. The van der Waals surface area contributed by atoms with E-state index in [-0.39, 0.29) is 17.4 Å². The van der Waals surface area contributed by atoms with E-state index >= 15 is 0 Å². The lowest BCUT2D eigenvalue weighted by Gasteiger charge is -2.09. The Kier molecular flexibility index (Phi) is 6.17. The molecule has 0 atom stereocenters. The highest BCUT2D eigenvalue weighted by Gasteiger charge is 2.23. The molecule has 0 saturated heterocycles. The van der Waals surface area contributed by atoms with E-state index in [9.17, 15) is 9.59 Å². The van der Waals surface area contributed by atoms with Crippen molar-refractivity contribution in [3.8, 4) is 11.5 Å². The van der Waals surface area contributed by atoms with Crippen molar-refractivity contribution in [2.75, 3.05) is 6.61 Å². The lowest BCUT2D eigenvalue weighted by atomic mass is 10.1. The predicted octanol–water partition coefficient (Wildman–Crippen LogP) is 4.77. The molecule has 30 heavy (non-hydrogen) atoms. The number of hydrogen-bond acceptors (Lipinski definition) is 4. The van der Waals surface area contributed by atoms with E-state index in [1.165, 1.54) is 19.8 Å². The molecule has 2 fully saturated rings. The Morgan fingerprint density at radius 1 is 0.967 bits per heavy atom. The fourth-order valence-electron chi connectivity index (χ4n) is 3.06. The number of rotatable bonds is 10. The summed E-state index contributed by atoms with van der Waals surface area (Å²) in [4.78, 5) is 24.6. The number of carbonyl (C=O) groups is 2. The average Bonchev–Trinajstić information content (AvgIpc) is 3.66.